The Morgan fingerprint density at radius 1 is 0.778 bits per heavy atom. The van der Waals surface area contributed by atoms with Crippen molar-refractivity contribution in [3.8, 4) is 0 Å². The summed E-state index contributed by atoms with van der Waals surface area (Å²) in [7, 11) is 0. The van der Waals surface area contributed by atoms with Crippen LogP contribution in [0.25, 0.3) is 0 Å². The number of nitrogens with zero attached hydrogens (tertiary/aromatic N) is 2. The van der Waals surface area contributed by atoms with Gasteiger partial charge in [-0.2, -0.15) is 5.01 Å². The molecular formula is C25H15Br4ClN2O4. The Balaban J connectivity index is 1.86. The lowest BCUT2D eigenvalue weighted by Crippen LogP contribution is -2.56. The first-order chi connectivity index (χ1) is 17.0. The van der Waals surface area contributed by atoms with E-state index in [-0.39, 0.29) is 16.7 Å². The number of carbonyl (C=O) groups is 4. The fourth-order valence-electron chi connectivity index (χ4n) is 3.77. The minimum atomic E-state index is -1.19. The highest BCUT2D eigenvalue weighted by atomic mass is 79.9. The van der Waals surface area contributed by atoms with Crippen molar-refractivity contribution in [1.82, 2.24) is 10.0 Å². The number of carbonyl (C=O) groups excluding carboxylic acids is 4. The Bertz CT molecular complexity index is 1400. The molecule has 0 spiro atoms. The molecule has 0 aromatic heterocycles. The highest BCUT2D eigenvalue weighted by Gasteiger charge is 2.48. The summed E-state index contributed by atoms with van der Waals surface area (Å²) >= 11 is 19.5. The summed E-state index contributed by atoms with van der Waals surface area (Å²) in [5, 5.41) is 2.05. The molecule has 3 amide bonds. The molecule has 0 N–H and O–H groups in total. The van der Waals surface area contributed by atoms with Crippen LogP contribution >= 0.6 is 75.3 Å². The molecule has 184 valence electrons. The minimum Gasteiger partial charge on any atom is -0.292 e. The number of rotatable bonds is 5. The highest BCUT2D eigenvalue weighted by molar-refractivity contribution is 9.15. The van der Waals surface area contributed by atoms with Crippen molar-refractivity contribution in [2.24, 2.45) is 0 Å². The van der Waals surface area contributed by atoms with Gasteiger partial charge in [0.25, 0.3) is 17.7 Å². The zero-order chi connectivity index (χ0) is 26.5. The van der Waals surface area contributed by atoms with Crippen LogP contribution in [0.2, 0.25) is 5.02 Å². The average molecular weight is 762 g/mol. The fraction of sp³-hybridized carbons (Fsp3) is 0.120. The summed E-state index contributed by atoms with van der Waals surface area (Å²) in [5.41, 5.74) is 1.57. The van der Waals surface area contributed by atoms with Crippen molar-refractivity contribution in [2.45, 2.75) is 19.9 Å². The van der Waals surface area contributed by atoms with Gasteiger partial charge in [-0.05, 0) is 102 Å². The second kappa shape index (κ2) is 10.5. The van der Waals surface area contributed by atoms with Crippen molar-refractivity contribution < 1.29 is 19.2 Å². The van der Waals surface area contributed by atoms with Crippen LogP contribution in [0.4, 0.5) is 0 Å². The van der Waals surface area contributed by atoms with Crippen LogP contribution in [-0.4, -0.2) is 39.6 Å². The number of hydrogen-bond donors (Lipinski definition) is 0. The molecule has 0 radical (unpaired) electrons. The number of halogens is 5. The lowest BCUT2D eigenvalue weighted by molar-refractivity contribution is -0.00685. The van der Waals surface area contributed by atoms with Crippen LogP contribution in [0, 0.1) is 6.92 Å². The van der Waals surface area contributed by atoms with Gasteiger partial charge in [0.05, 0.1) is 11.1 Å². The van der Waals surface area contributed by atoms with Gasteiger partial charge in [-0.25, -0.2) is 5.01 Å². The summed E-state index contributed by atoms with van der Waals surface area (Å²) in [4.78, 5) is 54.6. The Hall–Kier alpha value is -1.85. The van der Waals surface area contributed by atoms with E-state index in [0.29, 0.717) is 28.5 Å². The normalized spacial score (nSPS) is 13.6. The topological polar surface area (TPSA) is 74.8 Å². The standard InChI is InChI=1S/C25H15Br4ClN2O4/c1-11-3-5-13(6-4-11)22(33)12(2)31(23(34)14-7-9-15(30)10-8-14)32-24(35)16-17(25(32)36)19(27)21(29)20(28)18(16)26/h3-10,12H,1-2H3/t12-/m1/s1. The third-order valence-corrected chi connectivity index (χ3v) is 10.7. The van der Waals surface area contributed by atoms with Crippen LogP contribution in [0.1, 0.15) is 53.9 Å². The minimum absolute atomic E-state index is 0.0610. The van der Waals surface area contributed by atoms with Crippen molar-refractivity contribution in [3.63, 3.8) is 0 Å². The van der Waals surface area contributed by atoms with Gasteiger partial charge in [0.15, 0.2) is 5.78 Å². The van der Waals surface area contributed by atoms with E-state index in [0.717, 1.165) is 15.6 Å². The van der Waals surface area contributed by atoms with Gasteiger partial charge in [-0.1, -0.05) is 41.4 Å². The lowest BCUT2D eigenvalue weighted by Gasteiger charge is -2.34. The van der Waals surface area contributed by atoms with E-state index < -0.39 is 29.5 Å². The molecule has 3 aromatic rings. The van der Waals surface area contributed by atoms with Crippen LogP contribution in [0.3, 0.4) is 0 Å². The molecule has 1 aliphatic rings. The molecule has 3 aromatic carbocycles. The number of imide groups is 1. The zero-order valence-electron chi connectivity index (χ0n) is 18.6. The second-order valence-electron chi connectivity index (χ2n) is 7.99. The molecule has 0 fully saturated rings. The van der Waals surface area contributed by atoms with E-state index in [4.69, 9.17) is 11.6 Å². The molecule has 0 bridgehead atoms. The van der Waals surface area contributed by atoms with Crippen molar-refractivity contribution >= 4 is 98.8 Å². The smallest absolute Gasteiger partial charge is 0.282 e. The molecule has 1 heterocycles. The number of fused-ring (bicyclic) bond motifs is 1. The molecule has 4 rings (SSSR count). The van der Waals surface area contributed by atoms with E-state index in [9.17, 15) is 19.2 Å². The van der Waals surface area contributed by atoms with Crippen LogP contribution in [0.5, 0.6) is 0 Å². The summed E-state index contributed by atoms with van der Waals surface area (Å²) in [6.45, 7) is 3.37. The summed E-state index contributed by atoms with van der Waals surface area (Å²) < 4.78 is 1.70. The van der Waals surface area contributed by atoms with E-state index in [1.54, 1.807) is 24.3 Å². The van der Waals surface area contributed by atoms with Gasteiger partial charge in [-0.3, -0.25) is 19.2 Å². The van der Waals surface area contributed by atoms with Gasteiger partial charge in [0.2, 0.25) is 0 Å². The number of benzene rings is 3. The van der Waals surface area contributed by atoms with Gasteiger partial charge in [0.1, 0.15) is 6.04 Å². The van der Waals surface area contributed by atoms with Crippen LogP contribution in [0.15, 0.2) is 66.4 Å². The van der Waals surface area contributed by atoms with E-state index >= 15 is 0 Å². The summed E-state index contributed by atoms with van der Waals surface area (Å²) in [5.74, 6) is -2.64. The van der Waals surface area contributed by atoms with E-state index in [1.807, 2.05) is 6.92 Å². The van der Waals surface area contributed by atoms with Gasteiger partial charge in [0, 0.05) is 34.0 Å². The number of hydrogen-bond acceptors (Lipinski definition) is 4. The highest BCUT2D eigenvalue weighted by Crippen LogP contribution is 2.45. The zero-order valence-corrected chi connectivity index (χ0v) is 25.7. The maximum absolute atomic E-state index is 13.8. The molecular weight excluding hydrogens is 747 g/mol. The predicted octanol–water partition coefficient (Wildman–Crippen LogP) is 7.62. The first-order valence-corrected chi connectivity index (χ1v) is 13.9. The SMILES string of the molecule is Cc1ccc(C(=O)[C@@H](C)N(C(=O)c2ccc(Cl)cc2)N2C(=O)c3c(Br)c(Br)c(Br)c(Br)c3C2=O)cc1. The first kappa shape index (κ1) is 27.2. The van der Waals surface area contributed by atoms with Crippen LogP contribution in [-0.2, 0) is 0 Å². The molecule has 11 heteroatoms. The second-order valence-corrected chi connectivity index (χ2v) is 11.6. The predicted molar refractivity (Wildman–Crippen MR) is 150 cm³/mol. The van der Waals surface area contributed by atoms with Gasteiger partial charge < -0.3 is 0 Å². The summed E-state index contributed by atoms with van der Waals surface area (Å²) in [6, 6.07) is 11.6. The molecule has 0 unspecified atom stereocenters. The van der Waals surface area contributed by atoms with Gasteiger partial charge >= 0.3 is 0 Å². The fourth-order valence-corrected chi connectivity index (χ4v) is 6.35. The third kappa shape index (κ3) is 4.62. The van der Waals surface area contributed by atoms with Crippen molar-refractivity contribution in [1.29, 1.82) is 0 Å². The van der Waals surface area contributed by atoms with Gasteiger partial charge in [-0.15, -0.1) is 0 Å². The lowest BCUT2D eigenvalue weighted by atomic mass is 10.0. The average Bonchev–Trinajstić information content (AvgIpc) is 3.12. The molecule has 1 aliphatic heterocycles. The maximum Gasteiger partial charge on any atom is 0.282 e. The first-order valence-electron chi connectivity index (χ1n) is 10.4. The van der Waals surface area contributed by atoms with E-state index in [2.05, 4.69) is 63.7 Å². The largest absolute Gasteiger partial charge is 0.292 e. The summed E-state index contributed by atoms with van der Waals surface area (Å²) in [6.07, 6.45) is 0. The van der Waals surface area contributed by atoms with Crippen LogP contribution < -0.4 is 0 Å². The number of hydrazine groups is 1. The van der Waals surface area contributed by atoms with E-state index in [1.165, 1.54) is 31.2 Å². The molecule has 0 aliphatic carbocycles. The number of aryl methyl sites for hydroxylation is 1. The monoisotopic (exact) mass is 758 g/mol. The number of ketones is 1. The molecule has 6 nitrogen and oxygen atoms in total. The maximum atomic E-state index is 13.8. The number of amides is 3. The molecule has 0 saturated carbocycles. The quantitative estimate of drug-likeness (QED) is 0.116. The third-order valence-electron chi connectivity index (χ3n) is 5.68. The Labute approximate surface area is 245 Å². The van der Waals surface area contributed by atoms with Crippen molar-refractivity contribution in [3.05, 3.63) is 99.3 Å². The van der Waals surface area contributed by atoms with Crippen molar-refractivity contribution in [2.75, 3.05) is 0 Å². The Kier molecular flexibility index (Phi) is 7.92. The molecule has 36 heavy (non-hydrogen) atoms. The molecule has 0 saturated heterocycles. The Morgan fingerprint density at radius 2 is 1.22 bits per heavy atom. The molecule has 1 atom stereocenters. The number of Topliss-reactive ketones (excluding diaryl/α,β-unsaturated/α-hetero) is 1. The Morgan fingerprint density at radius 3 is 1.69 bits per heavy atom.